The first-order valence-electron chi connectivity index (χ1n) is 10.3. The molecule has 0 fully saturated rings. The summed E-state index contributed by atoms with van der Waals surface area (Å²) in [6.45, 7) is 5.72. The lowest BCUT2D eigenvalue weighted by atomic mass is 10.1. The summed E-state index contributed by atoms with van der Waals surface area (Å²) in [7, 11) is -2.42. The Balaban J connectivity index is 1.88. The fraction of sp³-hybridized carbons (Fsp3) is 0.240. The van der Waals surface area contributed by atoms with Gasteiger partial charge in [-0.2, -0.15) is 4.72 Å². The predicted octanol–water partition coefficient (Wildman–Crippen LogP) is 4.15. The summed E-state index contributed by atoms with van der Waals surface area (Å²) in [5.74, 6) is 0.170. The van der Waals surface area contributed by atoms with Crippen molar-refractivity contribution in [3.8, 4) is 5.75 Å². The number of methoxy groups -OCH3 is 1. The van der Waals surface area contributed by atoms with Crippen LogP contribution in [0.1, 0.15) is 22.3 Å². The van der Waals surface area contributed by atoms with Gasteiger partial charge in [-0.3, -0.25) is 4.79 Å². The van der Waals surface area contributed by atoms with Crippen LogP contribution in [0, 0.1) is 20.8 Å². The molecule has 2 N–H and O–H groups in total. The Bertz CT molecular complexity index is 1210. The van der Waals surface area contributed by atoms with E-state index in [1.807, 2.05) is 56.3 Å². The third-order valence-electron chi connectivity index (χ3n) is 5.35. The second-order valence-corrected chi connectivity index (χ2v) is 9.50. The average molecular weight is 453 g/mol. The molecule has 1 atom stereocenters. The van der Waals surface area contributed by atoms with Crippen LogP contribution in [0.2, 0.25) is 0 Å². The molecule has 0 bridgehead atoms. The SMILES string of the molecule is COc1ccc(S(=O)(=O)N[C@@H](Cc2ccccc2)C(=O)Nc2ccc(C)c(C)c2)cc1C. The van der Waals surface area contributed by atoms with E-state index in [2.05, 4.69) is 10.0 Å². The monoisotopic (exact) mass is 452 g/mol. The lowest BCUT2D eigenvalue weighted by Gasteiger charge is -2.19. The van der Waals surface area contributed by atoms with Crippen molar-refractivity contribution in [3.63, 3.8) is 0 Å². The number of ether oxygens (including phenoxy) is 1. The molecule has 0 aliphatic heterocycles. The van der Waals surface area contributed by atoms with E-state index in [-0.39, 0.29) is 11.3 Å². The maximum Gasteiger partial charge on any atom is 0.242 e. The van der Waals surface area contributed by atoms with Crippen molar-refractivity contribution >= 4 is 21.6 Å². The van der Waals surface area contributed by atoms with Gasteiger partial charge in [0, 0.05) is 5.69 Å². The lowest BCUT2D eigenvalue weighted by molar-refractivity contribution is -0.117. The number of rotatable bonds is 8. The third-order valence-corrected chi connectivity index (χ3v) is 6.82. The van der Waals surface area contributed by atoms with Crippen molar-refractivity contribution in [3.05, 3.63) is 89.0 Å². The Morgan fingerprint density at radius 2 is 1.62 bits per heavy atom. The van der Waals surface area contributed by atoms with Crippen LogP contribution in [-0.2, 0) is 21.2 Å². The fourth-order valence-electron chi connectivity index (χ4n) is 3.36. The highest BCUT2D eigenvalue weighted by atomic mass is 32.2. The van der Waals surface area contributed by atoms with Crippen molar-refractivity contribution in [2.24, 2.45) is 0 Å². The number of anilines is 1. The van der Waals surface area contributed by atoms with Gasteiger partial charge in [-0.15, -0.1) is 0 Å². The molecule has 3 rings (SSSR count). The second-order valence-electron chi connectivity index (χ2n) is 7.78. The highest BCUT2D eigenvalue weighted by Gasteiger charge is 2.27. The van der Waals surface area contributed by atoms with Crippen molar-refractivity contribution in [1.82, 2.24) is 4.72 Å². The highest BCUT2D eigenvalue weighted by Crippen LogP contribution is 2.22. The van der Waals surface area contributed by atoms with Crippen molar-refractivity contribution in [2.75, 3.05) is 12.4 Å². The summed E-state index contributed by atoms with van der Waals surface area (Å²) in [6, 6.07) is 18.5. The molecule has 6 nitrogen and oxygen atoms in total. The number of benzene rings is 3. The van der Waals surface area contributed by atoms with Crippen LogP contribution in [0.15, 0.2) is 71.6 Å². The molecular formula is C25H28N2O4S. The first kappa shape index (κ1) is 23.5. The van der Waals surface area contributed by atoms with E-state index in [4.69, 9.17) is 4.74 Å². The van der Waals surface area contributed by atoms with Crippen molar-refractivity contribution in [2.45, 2.75) is 38.1 Å². The molecule has 7 heteroatoms. The number of nitrogens with one attached hydrogen (secondary N) is 2. The average Bonchev–Trinajstić information content (AvgIpc) is 2.76. The molecule has 1 amide bonds. The van der Waals surface area contributed by atoms with Crippen molar-refractivity contribution in [1.29, 1.82) is 0 Å². The summed E-state index contributed by atoms with van der Waals surface area (Å²) < 4.78 is 34.0. The van der Waals surface area contributed by atoms with E-state index >= 15 is 0 Å². The van der Waals surface area contributed by atoms with Gasteiger partial charge in [0.2, 0.25) is 15.9 Å². The van der Waals surface area contributed by atoms with E-state index in [9.17, 15) is 13.2 Å². The van der Waals surface area contributed by atoms with Crippen LogP contribution < -0.4 is 14.8 Å². The van der Waals surface area contributed by atoms with E-state index < -0.39 is 22.0 Å². The number of sulfonamides is 1. The summed E-state index contributed by atoms with van der Waals surface area (Å²) in [6.07, 6.45) is 0.214. The zero-order chi connectivity index (χ0) is 23.3. The number of carbonyl (C=O) groups excluding carboxylic acids is 1. The molecule has 0 radical (unpaired) electrons. The maximum atomic E-state index is 13.1. The van der Waals surface area contributed by atoms with Gasteiger partial charge in [-0.05, 0) is 79.8 Å². The van der Waals surface area contributed by atoms with E-state index in [1.165, 1.54) is 19.2 Å². The normalized spacial score (nSPS) is 12.2. The molecule has 168 valence electrons. The Kier molecular flexibility index (Phi) is 7.33. The molecule has 0 aliphatic rings. The minimum absolute atomic E-state index is 0.0767. The second kappa shape index (κ2) is 9.97. The summed E-state index contributed by atoms with van der Waals surface area (Å²) in [4.78, 5) is 13.2. The van der Waals surface area contributed by atoms with Gasteiger partial charge in [0.1, 0.15) is 11.8 Å². The molecule has 0 saturated heterocycles. The summed E-state index contributed by atoms with van der Waals surface area (Å²) in [5.41, 5.74) is 4.31. The van der Waals surface area contributed by atoms with E-state index in [0.717, 1.165) is 16.7 Å². The Morgan fingerprint density at radius 3 is 2.25 bits per heavy atom. The minimum Gasteiger partial charge on any atom is -0.496 e. The topological polar surface area (TPSA) is 84.5 Å². The first-order valence-corrected chi connectivity index (χ1v) is 11.8. The van der Waals surface area contributed by atoms with Gasteiger partial charge in [-0.25, -0.2) is 8.42 Å². The number of aryl methyl sites for hydroxylation is 3. The maximum absolute atomic E-state index is 13.1. The Morgan fingerprint density at radius 1 is 0.906 bits per heavy atom. The number of amides is 1. The zero-order valence-corrected chi connectivity index (χ0v) is 19.5. The van der Waals surface area contributed by atoms with Crippen molar-refractivity contribution < 1.29 is 17.9 Å². The van der Waals surface area contributed by atoms with Crippen LogP contribution in [0.3, 0.4) is 0 Å². The quantitative estimate of drug-likeness (QED) is 0.538. The fourth-order valence-corrected chi connectivity index (χ4v) is 4.64. The third kappa shape index (κ3) is 5.75. The van der Waals surface area contributed by atoms with Crippen LogP contribution in [0.25, 0.3) is 0 Å². The zero-order valence-electron chi connectivity index (χ0n) is 18.7. The molecule has 3 aromatic rings. The number of hydrogen-bond acceptors (Lipinski definition) is 4. The molecule has 0 spiro atoms. The van der Waals surface area contributed by atoms with Gasteiger partial charge in [0.15, 0.2) is 0 Å². The summed E-state index contributed by atoms with van der Waals surface area (Å²) in [5, 5.41) is 2.85. The van der Waals surface area contributed by atoms with Crippen LogP contribution in [-0.4, -0.2) is 27.5 Å². The Hall–Kier alpha value is -3.16. The van der Waals surface area contributed by atoms with Crippen LogP contribution in [0.5, 0.6) is 5.75 Å². The molecule has 0 aliphatic carbocycles. The molecule has 3 aromatic carbocycles. The van der Waals surface area contributed by atoms with E-state index in [0.29, 0.717) is 17.0 Å². The van der Waals surface area contributed by atoms with Gasteiger partial charge >= 0.3 is 0 Å². The number of hydrogen-bond donors (Lipinski definition) is 2. The molecule has 0 heterocycles. The highest BCUT2D eigenvalue weighted by molar-refractivity contribution is 7.89. The predicted molar refractivity (Wildman–Crippen MR) is 127 cm³/mol. The molecular weight excluding hydrogens is 424 g/mol. The van der Waals surface area contributed by atoms with Crippen LogP contribution >= 0.6 is 0 Å². The molecule has 0 saturated carbocycles. The van der Waals surface area contributed by atoms with Crippen LogP contribution in [0.4, 0.5) is 5.69 Å². The first-order chi connectivity index (χ1) is 15.2. The Labute approximate surface area is 189 Å². The van der Waals surface area contributed by atoms with Gasteiger partial charge < -0.3 is 10.1 Å². The largest absolute Gasteiger partial charge is 0.496 e. The van der Waals surface area contributed by atoms with E-state index in [1.54, 1.807) is 19.1 Å². The molecule has 0 aromatic heterocycles. The lowest BCUT2D eigenvalue weighted by Crippen LogP contribution is -2.45. The smallest absolute Gasteiger partial charge is 0.242 e. The molecule has 32 heavy (non-hydrogen) atoms. The minimum atomic E-state index is -3.95. The van der Waals surface area contributed by atoms with Gasteiger partial charge in [0.25, 0.3) is 0 Å². The standard InChI is InChI=1S/C25H28N2O4S/c1-17-10-11-21(14-18(17)2)26-25(28)23(16-20-8-6-5-7-9-20)27-32(29,30)22-12-13-24(31-4)19(3)15-22/h5-15,23,27H,16H2,1-4H3,(H,26,28)/t23-/m0/s1. The molecule has 0 unspecified atom stereocenters. The number of carbonyl (C=O) groups is 1. The van der Waals surface area contributed by atoms with Gasteiger partial charge in [-0.1, -0.05) is 36.4 Å². The van der Waals surface area contributed by atoms with Gasteiger partial charge in [0.05, 0.1) is 12.0 Å². The summed E-state index contributed by atoms with van der Waals surface area (Å²) >= 11 is 0.